The maximum atomic E-state index is 12.3. The Kier molecular flexibility index (Phi) is 6.19. The first-order valence-corrected chi connectivity index (χ1v) is 10.9. The molecule has 23 heavy (non-hydrogen) atoms. The molecule has 0 amide bonds. The Bertz CT molecular complexity index is 704. The first-order valence-electron chi connectivity index (χ1n) is 7.85. The summed E-state index contributed by atoms with van der Waals surface area (Å²) in [5, 5.41) is 0. The molecule has 1 heterocycles. The van der Waals surface area contributed by atoms with Crippen LogP contribution in [0.2, 0.25) is 0 Å². The minimum atomic E-state index is -3.67. The molecule has 1 fully saturated rings. The summed E-state index contributed by atoms with van der Waals surface area (Å²) in [6.45, 7) is 2.83. The van der Waals surface area contributed by atoms with Crippen molar-refractivity contribution < 1.29 is 16.8 Å². The summed E-state index contributed by atoms with van der Waals surface area (Å²) in [7, 11) is -7.08. The van der Waals surface area contributed by atoms with Crippen molar-refractivity contribution in [1.29, 1.82) is 0 Å². The van der Waals surface area contributed by atoms with Crippen LogP contribution in [0.15, 0.2) is 29.2 Å². The van der Waals surface area contributed by atoms with E-state index in [0.29, 0.717) is 13.1 Å². The highest BCUT2D eigenvalue weighted by Gasteiger charge is 2.23. The third-order valence-electron chi connectivity index (χ3n) is 3.94. The zero-order valence-electron chi connectivity index (χ0n) is 13.4. The third-order valence-corrected chi connectivity index (χ3v) is 7.29. The van der Waals surface area contributed by atoms with Crippen LogP contribution in [0.5, 0.6) is 0 Å². The highest BCUT2D eigenvalue weighted by molar-refractivity contribution is 7.90. The summed E-state index contributed by atoms with van der Waals surface area (Å²) in [5.41, 5.74) is 0.965. The number of benzene rings is 1. The Labute approximate surface area is 139 Å². The quantitative estimate of drug-likeness (QED) is 0.833. The standard InChI is InChI=1S/C15H24N2O4S2/c1-14-6-8-15(9-7-14)23(20,21)16-10-13-22(18,19)17-11-4-2-3-5-12-17/h6-9,16H,2-5,10-13H2,1H3. The summed E-state index contributed by atoms with van der Waals surface area (Å²) in [4.78, 5) is 0.148. The van der Waals surface area contributed by atoms with Crippen LogP contribution in [0.4, 0.5) is 0 Å². The highest BCUT2D eigenvalue weighted by atomic mass is 32.2. The normalized spacial score (nSPS) is 17.8. The van der Waals surface area contributed by atoms with Gasteiger partial charge in [0.1, 0.15) is 0 Å². The van der Waals surface area contributed by atoms with Gasteiger partial charge in [-0.2, -0.15) is 0 Å². The Morgan fingerprint density at radius 2 is 1.52 bits per heavy atom. The van der Waals surface area contributed by atoms with Crippen LogP contribution in [-0.2, 0) is 20.0 Å². The number of aryl methyl sites for hydroxylation is 1. The number of hydrogen-bond acceptors (Lipinski definition) is 4. The van der Waals surface area contributed by atoms with Gasteiger partial charge in [0.05, 0.1) is 10.6 Å². The van der Waals surface area contributed by atoms with E-state index in [1.54, 1.807) is 12.1 Å². The van der Waals surface area contributed by atoms with E-state index in [0.717, 1.165) is 31.2 Å². The van der Waals surface area contributed by atoms with Crippen molar-refractivity contribution in [2.24, 2.45) is 0 Å². The Balaban J connectivity index is 1.93. The molecule has 0 radical (unpaired) electrons. The number of rotatable bonds is 6. The van der Waals surface area contributed by atoms with Crippen LogP contribution in [0, 0.1) is 6.92 Å². The fourth-order valence-electron chi connectivity index (χ4n) is 2.55. The molecule has 1 N–H and O–H groups in total. The molecule has 2 rings (SSSR count). The Hall–Kier alpha value is -0.960. The van der Waals surface area contributed by atoms with Crippen molar-refractivity contribution in [2.75, 3.05) is 25.4 Å². The topological polar surface area (TPSA) is 83.5 Å². The average molecular weight is 361 g/mol. The summed E-state index contributed by atoms with van der Waals surface area (Å²) in [6, 6.07) is 6.45. The number of hydrogen-bond donors (Lipinski definition) is 1. The van der Waals surface area contributed by atoms with E-state index in [1.807, 2.05) is 6.92 Å². The van der Waals surface area contributed by atoms with Gasteiger partial charge in [-0.25, -0.2) is 25.9 Å². The van der Waals surface area contributed by atoms with Gasteiger partial charge in [0, 0.05) is 19.6 Å². The largest absolute Gasteiger partial charge is 0.240 e. The molecule has 0 spiro atoms. The fourth-order valence-corrected chi connectivity index (χ4v) is 5.15. The first kappa shape index (κ1) is 18.4. The van der Waals surface area contributed by atoms with Gasteiger partial charge in [-0.15, -0.1) is 0 Å². The van der Waals surface area contributed by atoms with Crippen molar-refractivity contribution in [3.63, 3.8) is 0 Å². The molecule has 0 unspecified atom stereocenters. The monoisotopic (exact) mass is 360 g/mol. The molecule has 0 atom stereocenters. The molecular weight excluding hydrogens is 336 g/mol. The summed E-state index contributed by atoms with van der Waals surface area (Å²) < 4.78 is 52.7. The Morgan fingerprint density at radius 3 is 2.09 bits per heavy atom. The van der Waals surface area contributed by atoms with E-state index >= 15 is 0 Å². The van der Waals surface area contributed by atoms with E-state index < -0.39 is 20.0 Å². The minimum Gasteiger partial charge on any atom is -0.212 e. The van der Waals surface area contributed by atoms with Crippen LogP contribution in [0.1, 0.15) is 31.2 Å². The molecule has 1 aliphatic rings. The molecule has 8 heteroatoms. The predicted octanol–water partition coefficient (Wildman–Crippen LogP) is 1.48. The zero-order chi connectivity index (χ0) is 16.9. The Morgan fingerprint density at radius 1 is 0.957 bits per heavy atom. The average Bonchev–Trinajstić information content (AvgIpc) is 2.77. The van der Waals surface area contributed by atoms with Gasteiger partial charge in [-0.05, 0) is 31.9 Å². The molecule has 0 saturated carbocycles. The molecule has 130 valence electrons. The first-order chi connectivity index (χ1) is 10.8. The van der Waals surface area contributed by atoms with Gasteiger partial charge < -0.3 is 0 Å². The molecule has 1 aromatic rings. The summed E-state index contributed by atoms with van der Waals surface area (Å²) in [5.74, 6) is -0.210. The van der Waals surface area contributed by atoms with Gasteiger partial charge in [0.2, 0.25) is 20.0 Å². The van der Waals surface area contributed by atoms with Crippen LogP contribution in [0.25, 0.3) is 0 Å². The SMILES string of the molecule is Cc1ccc(S(=O)(=O)NCCS(=O)(=O)N2CCCCCC2)cc1. The van der Waals surface area contributed by atoms with Crippen LogP contribution in [0.3, 0.4) is 0 Å². The molecule has 1 aromatic carbocycles. The lowest BCUT2D eigenvalue weighted by atomic mass is 10.2. The van der Waals surface area contributed by atoms with Gasteiger partial charge in [0.15, 0.2) is 0 Å². The molecule has 0 aromatic heterocycles. The number of nitrogens with zero attached hydrogens (tertiary/aromatic N) is 1. The van der Waals surface area contributed by atoms with Gasteiger partial charge in [-0.3, -0.25) is 0 Å². The molecule has 6 nitrogen and oxygen atoms in total. The molecular formula is C15H24N2O4S2. The van der Waals surface area contributed by atoms with E-state index in [9.17, 15) is 16.8 Å². The van der Waals surface area contributed by atoms with Crippen LogP contribution in [-0.4, -0.2) is 46.5 Å². The third kappa shape index (κ3) is 5.27. The van der Waals surface area contributed by atoms with Crippen molar-refractivity contribution in [1.82, 2.24) is 9.03 Å². The van der Waals surface area contributed by atoms with E-state index in [2.05, 4.69) is 4.72 Å². The molecule has 1 aliphatic heterocycles. The van der Waals surface area contributed by atoms with Crippen molar-refractivity contribution in [3.05, 3.63) is 29.8 Å². The molecule has 0 aliphatic carbocycles. The highest BCUT2D eigenvalue weighted by Crippen LogP contribution is 2.14. The second kappa shape index (κ2) is 7.74. The van der Waals surface area contributed by atoms with E-state index in [4.69, 9.17) is 0 Å². The second-order valence-electron chi connectivity index (χ2n) is 5.84. The van der Waals surface area contributed by atoms with Crippen molar-refractivity contribution >= 4 is 20.0 Å². The fraction of sp³-hybridized carbons (Fsp3) is 0.600. The molecule has 1 saturated heterocycles. The predicted molar refractivity (Wildman–Crippen MR) is 90.2 cm³/mol. The molecule has 0 bridgehead atoms. The van der Waals surface area contributed by atoms with Gasteiger partial charge in [-0.1, -0.05) is 30.5 Å². The summed E-state index contributed by atoms with van der Waals surface area (Å²) >= 11 is 0. The van der Waals surface area contributed by atoms with Gasteiger partial charge >= 0.3 is 0 Å². The maximum Gasteiger partial charge on any atom is 0.240 e. The minimum absolute atomic E-state index is 0.116. The number of nitrogens with one attached hydrogen (secondary N) is 1. The summed E-state index contributed by atoms with van der Waals surface area (Å²) in [6.07, 6.45) is 3.83. The zero-order valence-corrected chi connectivity index (χ0v) is 15.0. The van der Waals surface area contributed by atoms with Crippen molar-refractivity contribution in [3.8, 4) is 0 Å². The lowest BCUT2D eigenvalue weighted by Gasteiger charge is -2.19. The lowest BCUT2D eigenvalue weighted by Crippen LogP contribution is -2.38. The van der Waals surface area contributed by atoms with E-state index in [-0.39, 0.29) is 17.2 Å². The van der Waals surface area contributed by atoms with Crippen LogP contribution < -0.4 is 4.72 Å². The van der Waals surface area contributed by atoms with E-state index in [1.165, 1.54) is 16.4 Å². The maximum absolute atomic E-state index is 12.3. The van der Waals surface area contributed by atoms with Crippen LogP contribution >= 0.6 is 0 Å². The lowest BCUT2D eigenvalue weighted by molar-refractivity contribution is 0.423. The number of sulfonamides is 2. The smallest absolute Gasteiger partial charge is 0.212 e. The van der Waals surface area contributed by atoms with Crippen molar-refractivity contribution in [2.45, 2.75) is 37.5 Å². The van der Waals surface area contributed by atoms with Gasteiger partial charge in [0.25, 0.3) is 0 Å². The second-order valence-corrected chi connectivity index (χ2v) is 9.70.